The molecule has 1 aliphatic carbocycles. The highest BCUT2D eigenvalue weighted by atomic mass is 16.1. The van der Waals surface area contributed by atoms with Crippen LogP contribution in [0.4, 0.5) is 0 Å². The normalized spacial score (nSPS) is 15.6. The highest BCUT2D eigenvalue weighted by molar-refractivity contribution is 6.00. The summed E-state index contributed by atoms with van der Waals surface area (Å²) in [5.74, 6) is 0.255. The fourth-order valence-corrected chi connectivity index (χ4v) is 1.71. The average molecular weight is 150 g/mol. The summed E-state index contributed by atoms with van der Waals surface area (Å²) in [5.41, 5.74) is 2.85. The van der Waals surface area contributed by atoms with E-state index in [1.165, 1.54) is 0 Å². The van der Waals surface area contributed by atoms with Crippen molar-refractivity contribution in [2.24, 2.45) is 7.05 Å². The number of nitrogens with zero attached hydrogens (tertiary/aromatic N) is 2. The molecule has 0 amide bonds. The number of fused-ring (bicyclic) bond motifs is 1. The van der Waals surface area contributed by atoms with E-state index >= 15 is 0 Å². The van der Waals surface area contributed by atoms with E-state index in [0.29, 0.717) is 6.42 Å². The summed E-state index contributed by atoms with van der Waals surface area (Å²) in [5, 5.41) is 4.18. The van der Waals surface area contributed by atoms with E-state index in [0.717, 1.165) is 23.4 Å². The zero-order valence-corrected chi connectivity index (χ0v) is 6.72. The van der Waals surface area contributed by atoms with Crippen LogP contribution in [0.1, 0.15) is 28.2 Å². The molecular formula is C8H10N2O. The van der Waals surface area contributed by atoms with Crippen LogP contribution in [-0.4, -0.2) is 15.6 Å². The van der Waals surface area contributed by atoms with E-state index in [1.807, 2.05) is 18.7 Å². The van der Waals surface area contributed by atoms with Crippen molar-refractivity contribution >= 4 is 5.78 Å². The molecule has 58 valence electrons. The van der Waals surface area contributed by atoms with Gasteiger partial charge in [0, 0.05) is 19.2 Å². The van der Waals surface area contributed by atoms with Gasteiger partial charge in [-0.1, -0.05) is 0 Å². The molecule has 0 spiro atoms. The van der Waals surface area contributed by atoms with E-state index in [4.69, 9.17) is 0 Å². The van der Waals surface area contributed by atoms with Gasteiger partial charge in [-0.25, -0.2) is 0 Å². The number of aromatic nitrogens is 2. The molecule has 0 N–H and O–H groups in total. The van der Waals surface area contributed by atoms with Crippen LogP contribution in [0.25, 0.3) is 0 Å². The highest BCUT2D eigenvalue weighted by Gasteiger charge is 2.25. The third-order valence-corrected chi connectivity index (χ3v) is 2.21. The quantitative estimate of drug-likeness (QED) is 0.549. The zero-order valence-electron chi connectivity index (χ0n) is 6.72. The van der Waals surface area contributed by atoms with Gasteiger partial charge in [0.05, 0.1) is 11.3 Å². The van der Waals surface area contributed by atoms with E-state index in [9.17, 15) is 4.79 Å². The second-order valence-corrected chi connectivity index (χ2v) is 2.95. The van der Waals surface area contributed by atoms with Crippen molar-refractivity contribution in [3.05, 3.63) is 17.0 Å². The maximum absolute atomic E-state index is 11.2. The van der Waals surface area contributed by atoms with Gasteiger partial charge in [0.25, 0.3) is 0 Å². The molecule has 1 aromatic heterocycles. The van der Waals surface area contributed by atoms with Gasteiger partial charge in [-0.05, 0) is 13.3 Å². The minimum Gasteiger partial charge on any atom is -0.294 e. The topological polar surface area (TPSA) is 34.9 Å². The molecule has 1 heterocycles. The van der Waals surface area contributed by atoms with Crippen molar-refractivity contribution in [2.75, 3.05) is 0 Å². The number of carbonyl (C=O) groups is 1. The molecule has 0 fully saturated rings. The fourth-order valence-electron chi connectivity index (χ4n) is 1.71. The Morgan fingerprint density at radius 1 is 1.45 bits per heavy atom. The zero-order chi connectivity index (χ0) is 8.01. The summed E-state index contributed by atoms with van der Waals surface area (Å²) in [7, 11) is 1.89. The molecule has 1 aromatic rings. The van der Waals surface area contributed by atoms with Crippen LogP contribution in [0.5, 0.6) is 0 Å². The van der Waals surface area contributed by atoms with Gasteiger partial charge < -0.3 is 0 Å². The third kappa shape index (κ3) is 0.737. The Balaban J connectivity index is 2.69. The minimum atomic E-state index is 0.255. The summed E-state index contributed by atoms with van der Waals surface area (Å²) < 4.78 is 1.82. The molecule has 11 heavy (non-hydrogen) atoms. The van der Waals surface area contributed by atoms with Crippen molar-refractivity contribution in [3.8, 4) is 0 Å². The summed E-state index contributed by atoms with van der Waals surface area (Å²) in [4.78, 5) is 11.2. The Morgan fingerprint density at radius 3 is 2.82 bits per heavy atom. The molecule has 0 radical (unpaired) electrons. The lowest BCUT2D eigenvalue weighted by Crippen LogP contribution is -1.96. The number of Topliss-reactive ketones (excluding diaryl/α,β-unsaturated/α-hetero) is 1. The Hall–Kier alpha value is -1.12. The van der Waals surface area contributed by atoms with Crippen LogP contribution >= 0.6 is 0 Å². The van der Waals surface area contributed by atoms with Gasteiger partial charge in [0.15, 0.2) is 5.78 Å². The standard InChI is InChI=1S/C8H10N2O/c1-5-8-6(10(2)9-5)3-4-7(8)11/h3-4H2,1-2H3. The monoisotopic (exact) mass is 150 g/mol. The van der Waals surface area contributed by atoms with Gasteiger partial charge in [0.1, 0.15) is 0 Å². The van der Waals surface area contributed by atoms with Crippen LogP contribution in [0.2, 0.25) is 0 Å². The third-order valence-electron chi connectivity index (χ3n) is 2.21. The van der Waals surface area contributed by atoms with Crippen molar-refractivity contribution in [1.29, 1.82) is 0 Å². The minimum absolute atomic E-state index is 0.255. The molecule has 0 bridgehead atoms. The first-order valence-corrected chi connectivity index (χ1v) is 3.76. The van der Waals surface area contributed by atoms with Crippen LogP contribution in [-0.2, 0) is 13.5 Å². The first-order chi connectivity index (χ1) is 5.20. The Kier molecular flexibility index (Phi) is 1.16. The molecule has 0 saturated carbocycles. The smallest absolute Gasteiger partial charge is 0.166 e. The van der Waals surface area contributed by atoms with E-state index in [-0.39, 0.29) is 5.78 Å². The van der Waals surface area contributed by atoms with Crippen molar-refractivity contribution in [2.45, 2.75) is 19.8 Å². The molecule has 2 rings (SSSR count). The number of carbonyl (C=O) groups excluding carboxylic acids is 1. The maximum Gasteiger partial charge on any atom is 0.166 e. The second kappa shape index (κ2) is 1.94. The molecule has 0 saturated heterocycles. The Morgan fingerprint density at radius 2 is 2.18 bits per heavy atom. The number of aryl methyl sites for hydroxylation is 2. The van der Waals surface area contributed by atoms with E-state index in [1.54, 1.807) is 0 Å². The number of rotatable bonds is 0. The van der Waals surface area contributed by atoms with Crippen LogP contribution < -0.4 is 0 Å². The molecule has 0 aliphatic heterocycles. The van der Waals surface area contributed by atoms with Crippen molar-refractivity contribution < 1.29 is 4.79 Å². The van der Waals surface area contributed by atoms with Crippen LogP contribution in [0.3, 0.4) is 0 Å². The molecule has 0 aromatic carbocycles. The number of hydrogen-bond acceptors (Lipinski definition) is 2. The Bertz CT molecular complexity index is 325. The first kappa shape index (κ1) is 6.58. The predicted octanol–water partition coefficient (Wildman–Crippen LogP) is 0.857. The maximum atomic E-state index is 11.2. The summed E-state index contributed by atoms with van der Waals surface area (Å²) >= 11 is 0. The second-order valence-electron chi connectivity index (χ2n) is 2.95. The highest BCUT2D eigenvalue weighted by Crippen LogP contribution is 2.23. The number of ketones is 1. The van der Waals surface area contributed by atoms with Gasteiger partial charge in [0.2, 0.25) is 0 Å². The SMILES string of the molecule is Cc1nn(C)c2c1C(=O)CC2. The molecule has 3 heteroatoms. The lowest BCUT2D eigenvalue weighted by atomic mass is 10.2. The fraction of sp³-hybridized carbons (Fsp3) is 0.500. The lowest BCUT2D eigenvalue weighted by molar-refractivity contribution is 0.0994. The Labute approximate surface area is 65.0 Å². The summed E-state index contributed by atoms with van der Waals surface area (Å²) in [6.45, 7) is 1.89. The molecule has 1 aliphatic rings. The summed E-state index contributed by atoms with van der Waals surface area (Å²) in [6, 6.07) is 0. The van der Waals surface area contributed by atoms with E-state index in [2.05, 4.69) is 5.10 Å². The predicted molar refractivity (Wildman–Crippen MR) is 40.6 cm³/mol. The largest absolute Gasteiger partial charge is 0.294 e. The van der Waals surface area contributed by atoms with E-state index < -0.39 is 0 Å². The van der Waals surface area contributed by atoms with Crippen molar-refractivity contribution in [1.82, 2.24) is 9.78 Å². The first-order valence-electron chi connectivity index (χ1n) is 3.76. The van der Waals surface area contributed by atoms with Crippen LogP contribution in [0.15, 0.2) is 0 Å². The van der Waals surface area contributed by atoms with Gasteiger partial charge in [-0.15, -0.1) is 0 Å². The molecule has 3 nitrogen and oxygen atoms in total. The molecule has 0 unspecified atom stereocenters. The molecular weight excluding hydrogens is 140 g/mol. The summed E-state index contributed by atoms with van der Waals surface area (Å²) in [6.07, 6.45) is 1.54. The lowest BCUT2D eigenvalue weighted by Gasteiger charge is -1.91. The van der Waals surface area contributed by atoms with Crippen LogP contribution in [0, 0.1) is 6.92 Å². The van der Waals surface area contributed by atoms with Gasteiger partial charge >= 0.3 is 0 Å². The molecule has 0 atom stereocenters. The van der Waals surface area contributed by atoms with Gasteiger partial charge in [-0.2, -0.15) is 5.10 Å². The number of hydrogen-bond donors (Lipinski definition) is 0. The van der Waals surface area contributed by atoms with Gasteiger partial charge in [-0.3, -0.25) is 9.48 Å². The average Bonchev–Trinajstić information content (AvgIpc) is 2.41. The van der Waals surface area contributed by atoms with Crippen molar-refractivity contribution in [3.63, 3.8) is 0 Å².